The maximum absolute atomic E-state index is 12.6. The van der Waals surface area contributed by atoms with Gasteiger partial charge in [-0.05, 0) is 54.4 Å². The van der Waals surface area contributed by atoms with Gasteiger partial charge in [-0.1, -0.05) is 30.3 Å². The van der Waals surface area contributed by atoms with Crippen molar-refractivity contribution in [2.45, 2.75) is 13.8 Å². The number of aryl methyl sites for hydroxylation is 2. The standard InChI is InChI=1S/C22H16O4/c1-13-11-20(23)26-21-14(2)19(10-9-18(13)21)25-22(24)17-8-7-15-5-3-4-6-16(15)12-17/h3-12H,1-2H3. The average Bonchev–Trinajstić information content (AvgIpc) is 2.64. The van der Waals surface area contributed by atoms with Crippen molar-refractivity contribution >= 4 is 27.7 Å². The van der Waals surface area contributed by atoms with Gasteiger partial charge in [0, 0.05) is 17.0 Å². The maximum atomic E-state index is 12.6. The van der Waals surface area contributed by atoms with Crippen LogP contribution in [0.5, 0.6) is 5.75 Å². The monoisotopic (exact) mass is 344 g/mol. The van der Waals surface area contributed by atoms with Gasteiger partial charge >= 0.3 is 11.6 Å². The van der Waals surface area contributed by atoms with E-state index in [4.69, 9.17) is 9.15 Å². The molecule has 0 unspecified atom stereocenters. The van der Waals surface area contributed by atoms with E-state index >= 15 is 0 Å². The minimum atomic E-state index is -0.451. The SMILES string of the molecule is Cc1cc(=O)oc2c(C)c(OC(=O)c3ccc4ccccc4c3)ccc12. The largest absolute Gasteiger partial charge is 0.423 e. The molecule has 4 aromatic rings. The summed E-state index contributed by atoms with van der Waals surface area (Å²) in [6.07, 6.45) is 0. The molecule has 0 atom stereocenters. The van der Waals surface area contributed by atoms with Crippen molar-refractivity contribution in [1.82, 2.24) is 0 Å². The highest BCUT2D eigenvalue weighted by atomic mass is 16.5. The van der Waals surface area contributed by atoms with E-state index < -0.39 is 11.6 Å². The van der Waals surface area contributed by atoms with Crippen molar-refractivity contribution in [3.05, 3.63) is 87.8 Å². The van der Waals surface area contributed by atoms with E-state index in [-0.39, 0.29) is 0 Å². The third-order valence-electron chi connectivity index (χ3n) is 4.51. The first kappa shape index (κ1) is 16.1. The van der Waals surface area contributed by atoms with Crippen LogP contribution in [0, 0.1) is 13.8 Å². The Morgan fingerprint density at radius 1 is 0.923 bits per heavy atom. The van der Waals surface area contributed by atoms with Gasteiger partial charge in [0.2, 0.25) is 0 Å². The Labute approximate surface area is 149 Å². The molecule has 0 aliphatic heterocycles. The summed E-state index contributed by atoms with van der Waals surface area (Å²) in [6, 6.07) is 18.2. The Morgan fingerprint density at radius 2 is 1.69 bits per heavy atom. The minimum absolute atomic E-state index is 0.379. The molecule has 0 bridgehead atoms. The molecule has 0 aliphatic carbocycles. The molecule has 4 heteroatoms. The molecular weight excluding hydrogens is 328 g/mol. The Hall–Kier alpha value is -3.40. The summed E-state index contributed by atoms with van der Waals surface area (Å²) in [6.45, 7) is 3.62. The van der Waals surface area contributed by atoms with E-state index in [1.54, 1.807) is 31.2 Å². The Bertz CT molecular complexity index is 1220. The highest BCUT2D eigenvalue weighted by Crippen LogP contribution is 2.29. The van der Waals surface area contributed by atoms with Crippen LogP contribution in [0.3, 0.4) is 0 Å². The van der Waals surface area contributed by atoms with Gasteiger partial charge in [0.15, 0.2) is 0 Å². The number of carbonyl (C=O) groups excluding carboxylic acids is 1. The van der Waals surface area contributed by atoms with Crippen LogP contribution >= 0.6 is 0 Å². The van der Waals surface area contributed by atoms with Crippen LogP contribution in [0.2, 0.25) is 0 Å². The first-order valence-electron chi connectivity index (χ1n) is 8.28. The number of hydrogen-bond donors (Lipinski definition) is 0. The molecule has 0 spiro atoms. The lowest BCUT2D eigenvalue weighted by atomic mass is 10.1. The van der Waals surface area contributed by atoms with Crippen LogP contribution in [0.25, 0.3) is 21.7 Å². The van der Waals surface area contributed by atoms with E-state index in [9.17, 15) is 9.59 Å². The lowest BCUT2D eigenvalue weighted by Gasteiger charge is -2.10. The second-order valence-electron chi connectivity index (χ2n) is 6.27. The minimum Gasteiger partial charge on any atom is -0.423 e. The first-order valence-corrected chi connectivity index (χ1v) is 8.28. The number of rotatable bonds is 2. The molecule has 4 rings (SSSR count). The summed E-state index contributed by atoms with van der Waals surface area (Å²) in [5.74, 6) is -0.0717. The zero-order valence-corrected chi connectivity index (χ0v) is 14.4. The van der Waals surface area contributed by atoms with E-state index in [0.717, 1.165) is 21.7 Å². The predicted octanol–water partition coefficient (Wildman–Crippen LogP) is 4.78. The number of fused-ring (bicyclic) bond motifs is 2. The molecule has 0 saturated heterocycles. The van der Waals surface area contributed by atoms with Gasteiger partial charge in [0.25, 0.3) is 0 Å². The maximum Gasteiger partial charge on any atom is 0.343 e. The van der Waals surface area contributed by atoms with Crippen molar-refractivity contribution in [3.63, 3.8) is 0 Å². The Balaban J connectivity index is 1.72. The molecule has 4 nitrogen and oxygen atoms in total. The van der Waals surface area contributed by atoms with Gasteiger partial charge in [-0.15, -0.1) is 0 Å². The molecule has 1 heterocycles. The third-order valence-corrected chi connectivity index (χ3v) is 4.51. The number of ether oxygens (including phenoxy) is 1. The molecule has 0 saturated carbocycles. The summed E-state index contributed by atoms with van der Waals surface area (Å²) >= 11 is 0. The van der Waals surface area contributed by atoms with Crippen LogP contribution in [-0.4, -0.2) is 5.97 Å². The molecular formula is C22H16O4. The van der Waals surface area contributed by atoms with E-state index in [2.05, 4.69) is 0 Å². The fourth-order valence-corrected chi connectivity index (χ4v) is 3.09. The topological polar surface area (TPSA) is 56.5 Å². The summed E-state index contributed by atoms with van der Waals surface area (Å²) < 4.78 is 10.9. The lowest BCUT2D eigenvalue weighted by Crippen LogP contribution is -2.09. The van der Waals surface area contributed by atoms with E-state index in [1.165, 1.54) is 6.07 Å². The molecule has 128 valence electrons. The molecule has 1 aromatic heterocycles. The quantitative estimate of drug-likeness (QED) is 0.298. The van der Waals surface area contributed by atoms with E-state index in [0.29, 0.717) is 22.5 Å². The fraction of sp³-hybridized carbons (Fsp3) is 0.0909. The zero-order chi connectivity index (χ0) is 18.3. The van der Waals surface area contributed by atoms with Crippen molar-refractivity contribution in [3.8, 4) is 5.75 Å². The molecule has 0 radical (unpaired) electrons. The van der Waals surface area contributed by atoms with Crippen molar-refractivity contribution in [2.24, 2.45) is 0 Å². The lowest BCUT2D eigenvalue weighted by molar-refractivity contribution is 0.0734. The number of hydrogen-bond acceptors (Lipinski definition) is 4. The third kappa shape index (κ3) is 2.75. The predicted molar refractivity (Wildman–Crippen MR) is 101 cm³/mol. The van der Waals surface area contributed by atoms with E-state index in [1.807, 2.05) is 37.3 Å². The zero-order valence-electron chi connectivity index (χ0n) is 14.4. The number of esters is 1. The molecule has 26 heavy (non-hydrogen) atoms. The van der Waals surface area contributed by atoms with Gasteiger partial charge in [-0.3, -0.25) is 0 Å². The summed E-state index contributed by atoms with van der Waals surface area (Å²) in [7, 11) is 0. The second-order valence-corrected chi connectivity index (χ2v) is 6.27. The van der Waals surface area contributed by atoms with Gasteiger partial charge < -0.3 is 9.15 Å². The van der Waals surface area contributed by atoms with Crippen molar-refractivity contribution < 1.29 is 13.9 Å². The Morgan fingerprint density at radius 3 is 2.50 bits per heavy atom. The number of carbonyl (C=O) groups is 1. The highest BCUT2D eigenvalue weighted by molar-refractivity contribution is 5.97. The smallest absolute Gasteiger partial charge is 0.343 e. The summed E-state index contributed by atoms with van der Waals surface area (Å²) in [5.41, 5.74) is 1.94. The number of benzene rings is 3. The van der Waals surface area contributed by atoms with Crippen LogP contribution in [0.1, 0.15) is 21.5 Å². The normalized spacial score (nSPS) is 11.0. The first-order chi connectivity index (χ1) is 12.5. The average molecular weight is 344 g/mol. The van der Waals surface area contributed by atoms with Gasteiger partial charge in [-0.2, -0.15) is 0 Å². The van der Waals surface area contributed by atoms with Gasteiger partial charge in [0.1, 0.15) is 11.3 Å². The van der Waals surface area contributed by atoms with Crippen LogP contribution in [-0.2, 0) is 0 Å². The molecule has 3 aromatic carbocycles. The van der Waals surface area contributed by atoms with Crippen LogP contribution in [0.15, 0.2) is 69.9 Å². The second kappa shape index (κ2) is 6.15. The van der Waals surface area contributed by atoms with Gasteiger partial charge in [0.05, 0.1) is 5.56 Å². The molecule has 0 N–H and O–H groups in total. The molecule has 0 amide bonds. The molecule has 0 fully saturated rings. The fourth-order valence-electron chi connectivity index (χ4n) is 3.09. The van der Waals surface area contributed by atoms with Crippen molar-refractivity contribution in [1.29, 1.82) is 0 Å². The van der Waals surface area contributed by atoms with Crippen LogP contribution < -0.4 is 10.4 Å². The Kier molecular flexibility index (Phi) is 3.81. The summed E-state index contributed by atoms with van der Waals surface area (Å²) in [5, 5.41) is 2.86. The van der Waals surface area contributed by atoms with Gasteiger partial charge in [-0.25, -0.2) is 9.59 Å². The summed E-state index contributed by atoms with van der Waals surface area (Å²) in [4.78, 5) is 24.2. The van der Waals surface area contributed by atoms with Crippen LogP contribution in [0.4, 0.5) is 0 Å². The van der Waals surface area contributed by atoms with Crippen molar-refractivity contribution in [2.75, 3.05) is 0 Å². The molecule has 0 aliphatic rings. The highest BCUT2D eigenvalue weighted by Gasteiger charge is 2.14.